The number of rotatable bonds is 9. The van der Waals surface area contributed by atoms with Crippen LogP contribution in [0.4, 0.5) is 4.79 Å². The van der Waals surface area contributed by atoms with Gasteiger partial charge < -0.3 is 25.8 Å². The summed E-state index contributed by atoms with van der Waals surface area (Å²) in [6.45, 7) is 7.38. The number of amides is 3. The Labute approximate surface area is 204 Å². The van der Waals surface area contributed by atoms with Gasteiger partial charge in [-0.25, -0.2) is 4.79 Å². The topological polar surface area (TPSA) is 141 Å². The van der Waals surface area contributed by atoms with Crippen molar-refractivity contribution < 1.29 is 24.2 Å². The van der Waals surface area contributed by atoms with Crippen LogP contribution in [0.1, 0.15) is 37.5 Å². The maximum atomic E-state index is 12.6. The number of nitrogens with zero attached hydrogens (tertiary/aromatic N) is 1. The predicted octanol–water partition coefficient (Wildman–Crippen LogP) is 3.15. The van der Waals surface area contributed by atoms with Crippen LogP contribution in [-0.4, -0.2) is 41.2 Å². The van der Waals surface area contributed by atoms with Crippen molar-refractivity contribution in [3.63, 3.8) is 0 Å². The summed E-state index contributed by atoms with van der Waals surface area (Å²) in [5.41, 5.74) is 1.94. The van der Waals surface area contributed by atoms with Gasteiger partial charge in [-0.1, -0.05) is 42.0 Å². The van der Waals surface area contributed by atoms with Gasteiger partial charge in [0.1, 0.15) is 30.0 Å². The average molecular weight is 479 g/mol. The third kappa shape index (κ3) is 9.60. The third-order valence-electron chi connectivity index (χ3n) is 4.64. The number of nitriles is 1. The second kappa shape index (κ2) is 12.2. The number of benzene rings is 2. The van der Waals surface area contributed by atoms with Crippen LogP contribution in [0.15, 0.2) is 54.1 Å². The molecule has 0 aliphatic heterocycles. The molecule has 0 saturated heterocycles. The molecular formula is C26H30N4O5. The monoisotopic (exact) mass is 478 g/mol. The first-order valence-corrected chi connectivity index (χ1v) is 11.0. The Bertz CT molecular complexity index is 1130. The fraction of sp³-hybridized carbons (Fsp3) is 0.308. The van der Waals surface area contributed by atoms with Gasteiger partial charge in [-0.2, -0.15) is 5.26 Å². The minimum atomic E-state index is -1.36. The highest BCUT2D eigenvalue weighted by Crippen LogP contribution is 2.17. The van der Waals surface area contributed by atoms with Crippen LogP contribution in [-0.2, 0) is 16.1 Å². The molecular weight excluding hydrogens is 448 g/mol. The number of ether oxygens (including phenoxy) is 1. The minimum absolute atomic E-state index is 0.0713. The molecule has 0 aliphatic rings. The highest BCUT2D eigenvalue weighted by Gasteiger charge is 2.21. The molecule has 4 N–H and O–H groups in total. The molecule has 35 heavy (non-hydrogen) atoms. The average Bonchev–Trinajstić information content (AvgIpc) is 2.78. The van der Waals surface area contributed by atoms with Gasteiger partial charge >= 0.3 is 6.09 Å². The minimum Gasteiger partial charge on any atom is -0.491 e. The lowest BCUT2D eigenvalue weighted by atomic mass is 10.1. The molecule has 0 heterocycles. The highest BCUT2D eigenvalue weighted by molar-refractivity contribution is 6.02. The predicted molar refractivity (Wildman–Crippen MR) is 131 cm³/mol. The summed E-state index contributed by atoms with van der Waals surface area (Å²) < 4.78 is 5.66. The van der Waals surface area contributed by atoms with E-state index in [2.05, 4.69) is 16.0 Å². The van der Waals surface area contributed by atoms with Crippen LogP contribution in [0.25, 0.3) is 6.08 Å². The van der Waals surface area contributed by atoms with E-state index in [4.69, 9.17) is 9.84 Å². The summed E-state index contributed by atoms with van der Waals surface area (Å²) in [5, 5.41) is 26.1. The van der Waals surface area contributed by atoms with Crippen molar-refractivity contribution in [1.29, 1.82) is 5.26 Å². The van der Waals surface area contributed by atoms with Crippen LogP contribution < -0.4 is 20.7 Å². The van der Waals surface area contributed by atoms with E-state index in [0.717, 1.165) is 11.1 Å². The largest absolute Gasteiger partial charge is 0.491 e. The summed E-state index contributed by atoms with van der Waals surface area (Å²) in [6, 6.07) is 14.9. The quantitative estimate of drug-likeness (QED) is 0.322. The first kappa shape index (κ1) is 26.9. The van der Waals surface area contributed by atoms with Crippen molar-refractivity contribution in [1.82, 2.24) is 16.0 Å². The van der Waals surface area contributed by atoms with Gasteiger partial charge in [-0.05, 0) is 57.0 Å². The van der Waals surface area contributed by atoms with E-state index >= 15 is 0 Å². The number of carbonyl (C=O) groups excluding carboxylic acids is 2. The van der Waals surface area contributed by atoms with Gasteiger partial charge in [-0.3, -0.25) is 9.59 Å². The lowest BCUT2D eigenvalue weighted by Gasteiger charge is -2.20. The lowest BCUT2D eigenvalue weighted by molar-refractivity contribution is -0.124. The SMILES string of the molecule is Cc1ccc(CNC(=O)[C@H](COc2cccc(/C=C(\C#N)C(=O)NC(C)(C)C)c2)NC(=O)O)cc1. The standard InChI is InChI=1S/C26H30N4O5/c1-17-8-10-18(11-9-17)15-28-24(32)22(29-25(33)34)16-35-21-7-5-6-19(13-21)12-20(14-27)23(31)30-26(2,3)4/h5-13,22,29H,15-16H2,1-4H3,(H,28,32)(H,30,31)(H,33,34)/b20-12+/t22-/m0/s1. The highest BCUT2D eigenvalue weighted by atomic mass is 16.5. The molecule has 9 nitrogen and oxygen atoms in total. The van der Waals surface area contributed by atoms with E-state index in [1.54, 1.807) is 24.3 Å². The van der Waals surface area contributed by atoms with E-state index in [-0.39, 0.29) is 18.7 Å². The second-order valence-corrected chi connectivity index (χ2v) is 8.96. The van der Waals surface area contributed by atoms with Crippen molar-refractivity contribution in [3.8, 4) is 11.8 Å². The first-order valence-electron chi connectivity index (χ1n) is 11.0. The number of hydrogen-bond acceptors (Lipinski definition) is 5. The van der Waals surface area contributed by atoms with E-state index in [1.807, 2.05) is 58.0 Å². The normalized spacial score (nSPS) is 12.1. The Morgan fingerprint density at radius 2 is 1.83 bits per heavy atom. The van der Waals surface area contributed by atoms with Gasteiger partial charge in [0.05, 0.1) is 0 Å². The van der Waals surface area contributed by atoms with E-state index in [0.29, 0.717) is 11.3 Å². The molecule has 2 aromatic rings. The first-order chi connectivity index (χ1) is 16.5. The van der Waals surface area contributed by atoms with Crippen LogP contribution >= 0.6 is 0 Å². The molecule has 0 aliphatic carbocycles. The fourth-order valence-electron chi connectivity index (χ4n) is 2.95. The van der Waals surface area contributed by atoms with Gasteiger partial charge in [0.25, 0.3) is 5.91 Å². The summed E-state index contributed by atoms with van der Waals surface area (Å²) in [4.78, 5) is 36.1. The maximum absolute atomic E-state index is 12.6. The van der Waals surface area contributed by atoms with Crippen LogP contribution in [0, 0.1) is 18.3 Å². The van der Waals surface area contributed by atoms with Crippen molar-refractivity contribution in [2.45, 2.75) is 45.8 Å². The van der Waals surface area contributed by atoms with E-state index < -0.39 is 29.5 Å². The summed E-state index contributed by atoms with van der Waals surface area (Å²) >= 11 is 0. The number of carboxylic acid groups (broad SMARTS) is 1. The maximum Gasteiger partial charge on any atom is 0.405 e. The Kier molecular flexibility index (Phi) is 9.41. The van der Waals surface area contributed by atoms with Crippen molar-refractivity contribution >= 4 is 24.0 Å². The van der Waals surface area contributed by atoms with E-state index in [9.17, 15) is 19.6 Å². The van der Waals surface area contributed by atoms with Crippen molar-refractivity contribution in [2.24, 2.45) is 0 Å². The fourth-order valence-corrected chi connectivity index (χ4v) is 2.95. The number of hydrogen-bond donors (Lipinski definition) is 4. The van der Waals surface area contributed by atoms with Crippen LogP contribution in [0.5, 0.6) is 5.75 Å². The van der Waals surface area contributed by atoms with E-state index in [1.165, 1.54) is 6.08 Å². The second-order valence-electron chi connectivity index (χ2n) is 8.96. The molecule has 1 atom stereocenters. The van der Waals surface area contributed by atoms with Gasteiger partial charge in [0.15, 0.2) is 0 Å². The molecule has 0 unspecified atom stereocenters. The van der Waals surface area contributed by atoms with Gasteiger partial charge in [0.2, 0.25) is 5.91 Å². The Hall–Kier alpha value is -4.32. The van der Waals surface area contributed by atoms with Gasteiger partial charge in [0, 0.05) is 12.1 Å². The number of carbonyl (C=O) groups is 3. The third-order valence-corrected chi connectivity index (χ3v) is 4.64. The smallest absolute Gasteiger partial charge is 0.405 e. The molecule has 2 rings (SSSR count). The van der Waals surface area contributed by atoms with Gasteiger partial charge in [-0.15, -0.1) is 0 Å². The molecule has 0 spiro atoms. The molecule has 0 fully saturated rings. The molecule has 0 radical (unpaired) electrons. The molecule has 2 aromatic carbocycles. The molecule has 9 heteroatoms. The summed E-state index contributed by atoms with van der Waals surface area (Å²) in [6.07, 6.45) is 0.0687. The molecule has 0 bridgehead atoms. The molecule has 0 aromatic heterocycles. The lowest BCUT2D eigenvalue weighted by Crippen LogP contribution is -2.49. The zero-order chi connectivity index (χ0) is 26.0. The molecule has 3 amide bonds. The van der Waals surface area contributed by atoms with Crippen molar-refractivity contribution in [2.75, 3.05) is 6.61 Å². The van der Waals surface area contributed by atoms with Crippen LogP contribution in [0.3, 0.4) is 0 Å². The number of nitrogens with one attached hydrogen (secondary N) is 3. The zero-order valence-corrected chi connectivity index (χ0v) is 20.2. The number of aryl methyl sites for hydroxylation is 1. The Morgan fingerprint density at radius 1 is 1.14 bits per heavy atom. The Morgan fingerprint density at radius 3 is 2.43 bits per heavy atom. The zero-order valence-electron chi connectivity index (χ0n) is 20.2. The Balaban J connectivity index is 2.07. The summed E-state index contributed by atoms with van der Waals surface area (Å²) in [5.74, 6) is -0.687. The summed E-state index contributed by atoms with van der Waals surface area (Å²) in [7, 11) is 0. The van der Waals surface area contributed by atoms with Crippen LogP contribution in [0.2, 0.25) is 0 Å². The molecule has 184 valence electrons. The van der Waals surface area contributed by atoms with Crippen molar-refractivity contribution in [3.05, 3.63) is 70.8 Å². The molecule has 0 saturated carbocycles.